The van der Waals surface area contributed by atoms with E-state index in [1.54, 1.807) is 0 Å². The number of hydrogen-bond acceptors (Lipinski definition) is 2. The van der Waals surface area contributed by atoms with Crippen LogP contribution in [0.2, 0.25) is 10.0 Å². The summed E-state index contributed by atoms with van der Waals surface area (Å²) in [7, 11) is 3.99. The second kappa shape index (κ2) is 7.06. The molecule has 112 valence electrons. The van der Waals surface area contributed by atoms with Gasteiger partial charge >= 0.3 is 0 Å². The fourth-order valence-electron chi connectivity index (χ4n) is 2.42. The summed E-state index contributed by atoms with van der Waals surface area (Å²) in [6.07, 6.45) is 0.958. The molecule has 0 spiro atoms. The second-order valence-electron chi connectivity index (χ2n) is 5.19. The molecule has 4 heteroatoms. The van der Waals surface area contributed by atoms with Crippen LogP contribution >= 0.6 is 23.2 Å². The van der Waals surface area contributed by atoms with E-state index in [1.807, 2.05) is 49.3 Å². The zero-order chi connectivity index (χ0) is 15.4. The summed E-state index contributed by atoms with van der Waals surface area (Å²) in [6, 6.07) is 14.1. The third-order valence-corrected chi connectivity index (χ3v) is 3.96. The van der Waals surface area contributed by atoms with Gasteiger partial charge in [-0.25, -0.2) is 0 Å². The standard InChI is InChI=1S/C17H20Cl2N2/c1-4-15(12-7-5-8-13(18)11-12)20-16-10-6-9-14(19)17(16)21(2)3/h5-11,15,20H,4H2,1-3H3. The highest BCUT2D eigenvalue weighted by molar-refractivity contribution is 6.34. The van der Waals surface area contributed by atoms with E-state index in [4.69, 9.17) is 23.2 Å². The molecule has 2 rings (SSSR count). The van der Waals surface area contributed by atoms with Gasteiger partial charge in [-0.2, -0.15) is 0 Å². The van der Waals surface area contributed by atoms with Crippen molar-refractivity contribution >= 4 is 34.6 Å². The highest BCUT2D eigenvalue weighted by Crippen LogP contribution is 2.35. The van der Waals surface area contributed by atoms with Gasteiger partial charge in [0.1, 0.15) is 0 Å². The molecular weight excluding hydrogens is 303 g/mol. The quantitative estimate of drug-likeness (QED) is 0.768. The first kappa shape index (κ1) is 16.0. The average Bonchev–Trinajstić information content (AvgIpc) is 2.44. The lowest BCUT2D eigenvalue weighted by Crippen LogP contribution is -2.15. The molecule has 21 heavy (non-hydrogen) atoms. The molecule has 1 unspecified atom stereocenters. The predicted octanol–water partition coefficient (Wildman–Crippen LogP) is 5.62. The third kappa shape index (κ3) is 3.84. The van der Waals surface area contributed by atoms with Crippen LogP contribution in [-0.4, -0.2) is 14.1 Å². The van der Waals surface area contributed by atoms with E-state index in [1.165, 1.54) is 5.56 Å². The van der Waals surface area contributed by atoms with Crippen LogP contribution in [0.3, 0.4) is 0 Å². The first-order chi connectivity index (χ1) is 10.0. The van der Waals surface area contributed by atoms with E-state index >= 15 is 0 Å². The number of halogens is 2. The third-order valence-electron chi connectivity index (χ3n) is 3.42. The van der Waals surface area contributed by atoms with Gasteiger partial charge in [-0.1, -0.05) is 48.3 Å². The fourth-order valence-corrected chi connectivity index (χ4v) is 2.96. The average molecular weight is 323 g/mol. The molecule has 0 bridgehead atoms. The number of rotatable bonds is 5. The van der Waals surface area contributed by atoms with Gasteiger partial charge in [0.2, 0.25) is 0 Å². The van der Waals surface area contributed by atoms with Crippen molar-refractivity contribution in [2.75, 3.05) is 24.3 Å². The van der Waals surface area contributed by atoms with Gasteiger partial charge < -0.3 is 10.2 Å². The lowest BCUT2D eigenvalue weighted by molar-refractivity contribution is 0.749. The second-order valence-corrected chi connectivity index (χ2v) is 6.03. The summed E-state index contributed by atoms with van der Waals surface area (Å²) in [4.78, 5) is 2.02. The Morgan fingerprint density at radius 3 is 2.43 bits per heavy atom. The monoisotopic (exact) mass is 322 g/mol. The zero-order valence-corrected chi connectivity index (χ0v) is 14.0. The number of benzene rings is 2. The van der Waals surface area contributed by atoms with Gasteiger partial charge in [-0.05, 0) is 36.2 Å². The van der Waals surface area contributed by atoms with Crippen LogP contribution in [0, 0.1) is 0 Å². The van der Waals surface area contributed by atoms with Crippen LogP contribution in [0.1, 0.15) is 24.9 Å². The highest BCUT2D eigenvalue weighted by atomic mass is 35.5. The Balaban J connectivity index is 2.33. The normalized spacial score (nSPS) is 12.0. The lowest BCUT2D eigenvalue weighted by Gasteiger charge is -2.24. The van der Waals surface area contributed by atoms with Crippen LogP contribution in [0.15, 0.2) is 42.5 Å². The Morgan fingerprint density at radius 2 is 1.81 bits per heavy atom. The SMILES string of the molecule is CCC(Nc1cccc(Cl)c1N(C)C)c1cccc(Cl)c1. The van der Waals surface area contributed by atoms with Crippen molar-refractivity contribution in [3.63, 3.8) is 0 Å². The molecule has 2 aromatic carbocycles. The van der Waals surface area contributed by atoms with Gasteiger partial charge in [-0.3, -0.25) is 0 Å². The van der Waals surface area contributed by atoms with Crippen molar-refractivity contribution < 1.29 is 0 Å². The van der Waals surface area contributed by atoms with Crippen LogP contribution < -0.4 is 10.2 Å². The Bertz CT molecular complexity index is 611. The number of nitrogens with zero attached hydrogens (tertiary/aromatic N) is 1. The summed E-state index contributed by atoms with van der Waals surface area (Å²) in [6.45, 7) is 2.15. The molecule has 0 aliphatic carbocycles. The first-order valence-corrected chi connectivity index (χ1v) is 7.76. The maximum absolute atomic E-state index is 6.32. The van der Waals surface area contributed by atoms with Gasteiger partial charge in [0, 0.05) is 19.1 Å². The minimum Gasteiger partial charge on any atom is -0.377 e. The summed E-state index contributed by atoms with van der Waals surface area (Å²) < 4.78 is 0. The van der Waals surface area contributed by atoms with Crippen LogP contribution in [0.25, 0.3) is 0 Å². The van der Waals surface area contributed by atoms with Gasteiger partial charge in [0.05, 0.1) is 22.4 Å². The summed E-state index contributed by atoms with van der Waals surface area (Å²) in [5.41, 5.74) is 3.20. The minimum atomic E-state index is 0.195. The topological polar surface area (TPSA) is 15.3 Å². The molecule has 0 aliphatic heterocycles. The molecule has 0 saturated heterocycles. The molecule has 0 radical (unpaired) electrons. The van der Waals surface area contributed by atoms with Crippen molar-refractivity contribution in [1.29, 1.82) is 0 Å². The number of nitrogens with one attached hydrogen (secondary N) is 1. The Morgan fingerprint density at radius 1 is 1.10 bits per heavy atom. The van der Waals surface area contributed by atoms with Gasteiger partial charge in [0.25, 0.3) is 0 Å². The van der Waals surface area contributed by atoms with Gasteiger partial charge in [-0.15, -0.1) is 0 Å². The molecule has 0 amide bonds. The summed E-state index contributed by atoms with van der Waals surface area (Å²) in [5, 5.41) is 5.08. The Kier molecular flexibility index (Phi) is 5.38. The molecule has 0 aliphatic rings. The molecule has 1 atom stereocenters. The number of hydrogen-bond donors (Lipinski definition) is 1. The fraction of sp³-hybridized carbons (Fsp3) is 0.294. The van der Waals surface area contributed by atoms with E-state index in [9.17, 15) is 0 Å². The predicted molar refractivity (Wildman–Crippen MR) is 93.9 cm³/mol. The van der Waals surface area contributed by atoms with E-state index < -0.39 is 0 Å². The highest BCUT2D eigenvalue weighted by Gasteiger charge is 2.14. The summed E-state index contributed by atoms with van der Waals surface area (Å²) in [5.74, 6) is 0. The molecule has 0 aromatic heterocycles. The van der Waals surface area contributed by atoms with Crippen molar-refractivity contribution in [2.45, 2.75) is 19.4 Å². The van der Waals surface area contributed by atoms with E-state index in [0.717, 1.165) is 27.8 Å². The van der Waals surface area contributed by atoms with Crippen LogP contribution in [0.4, 0.5) is 11.4 Å². The minimum absolute atomic E-state index is 0.195. The van der Waals surface area contributed by atoms with Gasteiger partial charge in [0.15, 0.2) is 0 Å². The van der Waals surface area contributed by atoms with Crippen molar-refractivity contribution in [1.82, 2.24) is 0 Å². The maximum atomic E-state index is 6.32. The van der Waals surface area contributed by atoms with Crippen molar-refractivity contribution in [2.24, 2.45) is 0 Å². The molecular formula is C17H20Cl2N2. The molecule has 2 nitrogen and oxygen atoms in total. The van der Waals surface area contributed by atoms with Crippen molar-refractivity contribution in [3.8, 4) is 0 Å². The van der Waals surface area contributed by atoms with Crippen LogP contribution in [-0.2, 0) is 0 Å². The summed E-state index contributed by atoms with van der Waals surface area (Å²) >= 11 is 12.4. The van der Waals surface area contributed by atoms with E-state index in [-0.39, 0.29) is 6.04 Å². The largest absolute Gasteiger partial charge is 0.377 e. The van der Waals surface area contributed by atoms with Crippen LogP contribution in [0.5, 0.6) is 0 Å². The number of para-hydroxylation sites is 1. The molecule has 2 aromatic rings. The zero-order valence-electron chi connectivity index (χ0n) is 12.5. The number of anilines is 2. The maximum Gasteiger partial charge on any atom is 0.0786 e. The smallest absolute Gasteiger partial charge is 0.0786 e. The molecule has 1 N–H and O–H groups in total. The van der Waals surface area contributed by atoms with E-state index in [0.29, 0.717) is 0 Å². The Labute approximate surface area is 136 Å². The molecule has 0 heterocycles. The Hall–Kier alpha value is -1.38. The molecule has 0 saturated carbocycles. The van der Waals surface area contributed by atoms with E-state index in [2.05, 4.69) is 24.4 Å². The molecule has 0 fully saturated rings. The van der Waals surface area contributed by atoms with Crippen molar-refractivity contribution in [3.05, 3.63) is 58.1 Å². The lowest BCUT2D eigenvalue weighted by atomic mass is 10.0. The first-order valence-electron chi connectivity index (χ1n) is 7.00.